The summed E-state index contributed by atoms with van der Waals surface area (Å²) in [6.07, 6.45) is 0. The van der Waals surface area contributed by atoms with Crippen molar-refractivity contribution in [2.75, 3.05) is 13.1 Å². The summed E-state index contributed by atoms with van der Waals surface area (Å²) in [5.41, 5.74) is 9.78. The highest BCUT2D eigenvalue weighted by Crippen LogP contribution is 2.22. The first-order valence-electron chi connectivity index (χ1n) is 7.25. The molecule has 0 saturated heterocycles. The smallest absolute Gasteiger partial charge is 0.0324 e. The second-order valence-electron chi connectivity index (χ2n) is 5.33. The lowest BCUT2D eigenvalue weighted by Gasteiger charge is -2.29. The van der Waals surface area contributed by atoms with Crippen LogP contribution >= 0.6 is 0 Å². The molecule has 1 unspecified atom stereocenters. The zero-order valence-corrected chi connectivity index (χ0v) is 12.4. The molecule has 0 aliphatic carbocycles. The average Bonchev–Trinajstić information content (AvgIpc) is 2.47. The molecule has 0 heterocycles. The number of hydrogen-bond acceptors (Lipinski definition) is 2. The van der Waals surface area contributed by atoms with Gasteiger partial charge in [-0.3, -0.25) is 4.90 Å². The SMILES string of the molecule is Cc1cccc(C(C)N(CCN)Cc2ccccc2)c1. The summed E-state index contributed by atoms with van der Waals surface area (Å²) in [7, 11) is 0. The van der Waals surface area contributed by atoms with E-state index in [1.807, 2.05) is 0 Å². The molecule has 0 amide bonds. The molecule has 0 aromatic heterocycles. The largest absolute Gasteiger partial charge is 0.329 e. The van der Waals surface area contributed by atoms with E-state index >= 15 is 0 Å². The van der Waals surface area contributed by atoms with Crippen LogP contribution < -0.4 is 5.73 Å². The fourth-order valence-corrected chi connectivity index (χ4v) is 2.53. The first kappa shape index (κ1) is 14.8. The maximum absolute atomic E-state index is 5.79. The molecule has 0 spiro atoms. The van der Waals surface area contributed by atoms with Gasteiger partial charge in [0.05, 0.1) is 0 Å². The second-order valence-corrected chi connectivity index (χ2v) is 5.33. The number of aryl methyl sites for hydroxylation is 1. The molecule has 2 aromatic rings. The predicted octanol–water partition coefficient (Wildman–Crippen LogP) is 3.52. The van der Waals surface area contributed by atoms with E-state index in [-0.39, 0.29) is 0 Å². The number of nitrogens with zero attached hydrogens (tertiary/aromatic N) is 1. The van der Waals surface area contributed by atoms with Crippen molar-refractivity contribution in [1.82, 2.24) is 4.90 Å². The Balaban J connectivity index is 2.15. The Morgan fingerprint density at radius 2 is 1.80 bits per heavy atom. The van der Waals surface area contributed by atoms with Crippen LogP contribution in [-0.4, -0.2) is 18.0 Å². The van der Waals surface area contributed by atoms with Crippen molar-refractivity contribution in [1.29, 1.82) is 0 Å². The standard InChI is InChI=1S/C18H24N2/c1-15-7-6-10-18(13-15)16(2)20(12-11-19)14-17-8-4-3-5-9-17/h3-10,13,16H,11-12,14,19H2,1-2H3. The molecule has 0 aliphatic heterocycles. The van der Waals surface area contributed by atoms with Crippen molar-refractivity contribution in [3.63, 3.8) is 0 Å². The Morgan fingerprint density at radius 1 is 1.05 bits per heavy atom. The van der Waals surface area contributed by atoms with Gasteiger partial charge in [-0.15, -0.1) is 0 Å². The lowest BCUT2D eigenvalue weighted by molar-refractivity contribution is 0.207. The van der Waals surface area contributed by atoms with Crippen molar-refractivity contribution >= 4 is 0 Å². The van der Waals surface area contributed by atoms with E-state index in [0.29, 0.717) is 12.6 Å². The van der Waals surface area contributed by atoms with Crippen molar-refractivity contribution in [3.8, 4) is 0 Å². The molecule has 2 N–H and O–H groups in total. The molecular weight excluding hydrogens is 244 g/mol. The lowest BCUT2D eigenvalue weighted by atomic mass is 10.0. The molecule has 2 nitrogen and oxygen atoms in total. The first-order valence-corrected chi connectivity index (χ1v) is 7.25. The molecule has 20 heavy (non-hydrogen) atoms. The quantitative estimate of drug-likeness (QED) is 0.868. The average molecular weight is 268 g/mol. The highest BCUT2D eigenvalue weighted by molar-refractivity contribution is 5.25. The van der Waals surface area contributed by atoms with Gasteiger partial charge in [-0.2, -0.15) is 0 Å². The zero-order valence-electron chi connectivity index (χ0n) is 12.4. The monoisotopic (exact) mass is 268 g/mol. The summed E-state index contributed by atoms with van der Waals surface area (Å²) in [6.45, 7) is 6.92. The Morgan fingerprint density at radius 3 is 2.45 bits per heavy atom. The Hall–Kier alpha value is -1.64. The van der Waals surface area contributed by atoms with Gasteiger partial charge >= 0.3 is 0 Å². The van der Waals surface area contributed by atoms with Gasteiger partial charge in [0.15, 0.2) is 0 Å². The Bertz CT molecular complexity index is 522. The third kappa shape index (κ3) is 3.92. The van der Waals surface area contributed by atoms with E-state index in [1.165, 1.54) is 16.7 Å². The van der Waals surface area contributed by atoms with E-state index in [1.54, 1.807) is 0 Å². The number of rotatable bonds is 6. The maximum Gasteiger partial charge on any atom is 0.0324 e. The van der Waals surface area contributed by atoms with E-state index in [4.69, 9.17) is 5.73 Å². The van der Waals surface area contributed by atoms with Crippen LogP contribution in [0.15, 0.2) is 54.6 Å². The second kappa shape index (κ2) is 7.22. The molecule has 2 heteroatoms. The minimum Gasteiger partial charge on any atom is -0.329 e. The van der Waals surface area contributed by atoms with Gasteiger partial charge in [0.2, 0.25) is 0 Å². The van der Waals surface area contributed by atoms with Crippen molar-refractivity contribution < 1.29 is 0 Å². The third-order valence-electron chi connectivity index (χ3n) is 3.72. The fraction of sp³-hybridized carbons (Fsp3) is 0.333. The first-order chi connectivity index (χ1) is 9.70. The number of hydrogen-bond donors (Lipinski definition) is 1. The van der Waals surface area contributed by atoms with Crippen molar-refractivity contribution in [2.24, 2.45) is 5.73 Å². The zero-order chi connectivity index (χ0) is 14.4. The van der Waals surface area contributed by atoms with Gasteiger partial charge in [-0.05, 0) is 25.0 Å². The predicted molar refractivity (Wildman–Crippen MR) is 85.5 cm³/mol. The van der Waals surface area contributed by atoms with E-state index in [9.17, 15) is 0 Å². The summed E-state index contributed by atoms with van der Waals surface area (Å²) in [5, 5.41) is 0. The fourth-order valence-electron chi connectivity index (χ4n) is 2.53. The Labute approximate surface area is 122 Å². The van der Waals surface area contributed by atoms with Crippen LogP contribution in [-0.2, 0) is 6.54 Å². The van der Waals surface area contributed by atoms with Gasteiger partial charge in [0, 0.05) is 25.7 Å². The third-order valence-corrected chi connectivity index (χ3v) is 3.72. The van der Waals surface area contributed by atoms with E-state index in [2.05, 4.69) is 73.3 Å². The number of nitrogens with two attached hydrogens (primary N) is 1. The summed E-state index contributed by atoms with van der Waals surface area (Å²) in [4.78, 5) is 2.43. The van der Waals surface area contributed by atoms with Crippen LogP contribution in [0.5, 0.6) is 0 Å². The molecule has 0 fully saturated rings. The van der Waals surface area contributed by atoms with Gasteiger partial charge < -0.3 is 5.73 Å². The number of benzene rings is 2. The normalized spacial score (nSPS) is 12.6. The molecule has 0 radical (unpaired) electrons. The van der Waals surface area contributed by atoms with Crippen LogP contribution in [0.3, 0.4) is 0 Å². The summed E-state index contributed by atoms with van der Waals surface area (Å²) in [6, 6.07) is 19.7. The molecular formula is C18H24N2. The van der Waals surface area contributed by atoms with Crippen LogP contribution in [0.1, 0.15) is 29.7 Å². The summed E-state index contributed by atoms with van der Waals surface area (Å²) in [5.74, 6) is 0. The van der Waals surface area contributed by atoms with Gasteiger partial charge in [0.1, 0.15) is 0 Å². The van der Waals surface area contributed by atoms with E-state index in [0.717, 1.165) is 13.1 Å². The van der Waals surface area contributed by atoms with Crippen LogP contribution in [0.4, 0.5) is 0 Å². The summed E-state index contributed by atoms with van der Waals surface area (Å²) < 4.78 is 0. The van der Waals surface area contributed by atoms with Gasteiger partial charge in [-0.1, -0.05) is 60.2 Å². The van der Waals surface area contributed by atoms with Crippen LogP contribution in [0.25, 0.3) is 0 Å². The van der Waals surface area contributed by atoms with Crippen molar-refractivity contribution in [2.45, 2.75) is 26.4 Å². The Kier molecular flexibility index (Phi) is 5.33. The highest BCUT2D eigenvalue weighted by atomic mass is 15.2. The minimum atomic E-state index is 0.374. The highest BCUT2D eigenvalue weighted by Gasteiger charge is 2.15. The molecule has 2 aromatic carbocycles. The minimum absolute atomic E-state index is 0.374. The van der Waals surface area contributed by atoms with Gasteiger partial charge in [0.25, 0.3) is 0 Å². The summed E-state index contributed by atoms with van der Waals surface area (Å²) >= 11 is 0. The molecule has 0 aliphatic rings. The molecule has 0 bridgehead atoms. The molecule has 0 saturated carbocycles. The molecule has 106 valence electrons. The molecule has 1 atom stereocenters. The topological polar surface area (TPSA) is 29.3 Å². The lowest BCUT2D eigenvalue weighted by Crippen LogP contribution is -2.31. The van der Waals surface area contributed by atoms with Crippen LogP contribution in [0, 0.1) is 6.92 Å². The maximum atomic E-state index is 5.79. The molecule has 2 rings (SSSR count). The van der Waals surface area contributed by atoms with Crippen molar-refractivity contribution in [3.05, 3.63) is 71.3 Å². The van der Waals surface area contributed by atoms with E-state index < -0.39 is 0 Å². The van der Waals surface area contributed by atoms with Crippen LogP contribution in [0.2, 0.25) is 0 Å². The van der Waals surface area contributed by atoms with Gasteiger partial charge in [-0.25, -0.2) is 0 Å².